The van der Waals surface area contributed by atoms with Crippen LogP contribution in [0, 0.1) is 0 Å². The zero-order chi connectivity index (χ0) is 19.2. The normalized spacial score (nSPS) is 10.4. The molecule has 3 aromatic carbocycles. The highest BCUT2D eigenvalue weighted by atomic mass is 16.5. The molecule has 3 rings (SSSR count). The Morgan fingerprint density at radius 1 is 1.07 bits per heavy atom. The Labute approximate surface area is 159 Å². The lowest BCUT2D eigenvalue weighted by Gasteiger charge is -2.19. The van der Waals surface area contributed by atoms with E-state index in [1.165, 1.54) is 0 Å². The summed E-state index contributed by atoms with van der Waals surface area (Å²) in [7, 11) is 3.38. The van der Waals surface area contributed by atoms with Crippen LogP contribution in [0.2, 0.25) is 0 Å². The minimum atomic E-state index is -0.0791. The van der Waals surface area contributed by atoms with Crippen molar-refractivity contribution in [2.45, 2.75) is 6.54 Å². The largest absolute Gasteiger partial charge is 0.496 e. The first-order chi connectivity index (χ1) is 13.1. The first-order valence-electron chi connectivity index (χ1n) is 8.77. The Morgan fingerprint density at radius 3 is 2.37 bits per heavy atom. The van der Waals surface area contributed by atoms with Crippen molar-refractivity contribution in [2.75, 3.05) is 20.8 Å². The van der Waals surface area contributed by atoms with Crippen LogP contribution < -0.4 is 9.47 Å². The topological polar surface area (TPSA) is 38.8 Å². The number of amides is 1. The zero-order valence-electron chi connectivity index (χ0n) is 15.6. The molecular weight excluding hydrogens is 338 g/mol. The monoisotopic (exact) mass is 361 g/mol. The number of hydrogen-bond donors (Lipinski definition) is 0. The summed E-state index contributed by atoms with van der Waals surface area (Å²) < 4.78 is 10.9. The van der Waals surface area contributed by atoms with Crippen molar-refractivity contribution in [1.29, 1.82) is 0 Å². The Balaban J connectivity index is 1.78. The number of methoxy groups -OCH3 is 1. The van der Waals surface area contributed by atoms with Crippen LogP contribution in [0.4, 0.5) is 0 Å². The van der Waals surface area contributed by atoms with Gasteiger partial charge in [0.15, 0.2) is 0 Å². The summed E-state index contributed by atoms with van der Waals surface area (Å²) in [6.07, 6.45) is 1.71. The van der Waals surface area contributed by atoms with Crippen LogP contribution in [0.25, 0.3) is 10.8 Å². The molecule has 4 nitrogen and oxygen atoms in total. The number of fused-ring (bicyclic) bond motifs is 1. The fraction of sp³-hybridized carbons (Fsp3) is 0.174. The van der Waals surface area contributed by atoms with Crippen LogP contribution in [0.5, 0.6) is 11.5 Å². The highest BCUT2D eigenvalue weighted by molar-refractivity contribution is 6.01. The van der Waals surface area contributed by atoms with Gasteiger partial charge in [-0.25, -0.2) is 0 Å². The maximum atomic E-state index is 13.0. The van der Waals surface area contributed by atoms with Crippen LogP contribution in [-0.2, 0) is 6.54 Å². The Bertz CT molecular complexity index is 947. The van der Waals surface area contributed by atoms with E-state index in [0.717, 1.165) is 22.1 Å². The van der Waals surface area contributed by atoms with Gasteiger partial charge in [0.2, 0.25) is 0 Å². The van der Waals surface area contributed by atoms with E-state index >= 15 is 0 Å². The number of hydrogen-bond acceptors (Lipinski definition) is 3. The lowest BCUT2D eigenvalue weighted by molar-refractivity contribution is 0.0782. The van der Waals surface area contributed by atoms with Crippen LogP contribution >= 0.6 is 0 Å². The maximum absolute atomic E-state index is 13.0. The molecule has 3 aromatic rings. The number of carbonyl (C=O) groups is 1. The predicted octanol–water partition coefficient (Wildman–Crippen LogP) is 4.69. The summed E-state index contributed by atoms with van der Waals surface area (Å²) >= 11 is 0. The SMILES string of the molecule is C=CCOc1ccc(CN(C)C(=O)c2cc3ccccc3cc2OC)cc1. The van der Waals surface area contributed by atoms with E-state index in [-0.39, 0.29) is 5.91 Å². The van der Waals surface area contributed by atoms with Crippen molar-refractivity contribution in [2.24, 2.45) is 0 Å². The van der Waals surface area contributed by atoms with Gasteiger partial charge in [0.25, 0.3) is 5.91 Å². The molecule has 138 valence electrons. The average Bonchev–Trinajstić information content (AvgIpc) is 2.71. The van der Waals surface area contributed by atoms with Crippen molar-refractivity contribution in [3.05, 3.63) is 84.4 Å². The molecule has 0 spiro atoms. The van der Waals surface area contributed by atoms with Crippen molar-refractivity contribution in [1.82, 2.24) is 4.90 Å². The minimum absolute atomic E-state index is 0.0791. The summed E-state index contributed by atoms with van der Waals surface area (Å²) in [6, 6.07) is 19.4. The van der Waals surface area contributed by atoms with Crippen molar-refractivity contribution in [3.63, 3.8) is 0 Å². The van der Waals surface area contributed by atoms with Gasteiger partial charge in [-0.1, -0.05) is 49.1 Å². The molecule has 0 aromatic heterocycles. The van der Waals surface area contributed by atoms with E-state index < -0.39 is 0 Å². The lowest BCUT2D eigenvalue weighted by atomic mass is 10.0. The van der Waals surface area contributed by atoms with E-state index in [2.05, 4.69) is 6.58 Å². The van der Waals surface area contributed by atoms with Gasteiger partial charge < -0.3 is 14.4 Å². The number of benzene rings is 3. The molecule has 0 saturated heterocycles. The van der Waals surface area contributed by atoms with E-state index in [9.17, 15) is 4.79 Å². The molecule has 0 aliphatic heterocycles. The highest BCUT2D eigenvalue weighted by Gasteiger charge is 2.18. The summed E-state index contributed by atoms with van der Waals surface area (Å²) in [5.41, 5.74) is 1.58. The molecule has 0 atom stereocenters. The zero-order valence-corrected chi connectivity index (χ0v) is 15.6. The molecule has 0 radical (unpaired) electrons. The van der Waals surface area contributed by atoms with E-state index in [0.29, 0.717) is 24.5 Å². The molecule has 0 heterocycles. The van der Waals surface area contributed by atoms with Gasteiger partial charge in [-0.2, -0.15) is 0 Å². The molecule has 1 amide bonds. The second-order valence-corrected chi connectivity index (χ2v) is 6.30. The van der Waals surface area contributed by atoms with Crippen molar-refractivity contribution >= 4 is 16.7 Å². The third-order valence-electron chi connectivity index (χ3n) is 4.36. The third-order valence-corrected chi connectivity index (χ3v) is 4.36. The molecular formula is C23H23NO3. The fourth-order valence-electron chi connectivity index (χ4n) is 2.95. The summed E-state index contributed by atoms with van der Waals surface area (Å²) in [6.45, 7) is 4.60. The summed E-state index contributed by atoms with van der Waals surface area (Å²) in [5.74, 6) is 1.28. The van der Waals surface area contributed by atoms with Gasteiger partial charge in [-0.15, -0.1) is 0 Å². The first kappa shape index (κ1) is 18.5. The first-order valence-corrected chi connectivity index (χ1v) is 8.77. The standard InChI is InChI=1S/C23H23NO3/c1-4-13-27-20-11-9-17(10-12-20)16-24(2)23(25)21-14-18-7-5-6-8-19(18)15-22(21)26-3/h4-12,14-15H,1,13,16H2,2-3H3. The van der Waals surface area contributed by atoms with Gasteiger partial charge in [0, 0.05) is 13.6 Å². The highest BCUT2D eigenvalue weighted by Crippen LogP contribution is 2.27. The number of rotatable bonds is 7. The molecule has 0 fully saturated rings. The minimum Gasteiger partial charge on any atom is -0.496 e. The van der Waals surface area contributed by atoms with E-state index in [1.807, 2.05) is 60.7 Å². The van der Waals surface area contributed by atoms with Crippen LogP contribution in [0.3, 0.4) is 0 Å². The molecule has 0 aliphatic rings. The molecule has 0 saturated carbocycles. The Kier molecular flexibility index (Phi) is 5.77. The van der Waals surface area contributed by atoms with Crippen molar-refractivity contribution < 1.29 is 14.3 Å². The van der Waals surface area contributed by atoms with Gasteiger partial charge in [-0.3, -0.25) is 4.79 Å². The smallest absolute Gasteiger partial charge is 0.257 e. The van der Waals surface area contributed by atoms with Gasteiger partial charge >= 0.3 is 0 Å². The number of ether oxygens (including phenoxy) is 2. The number of nitrogens with zero attached hydrogens (tertiary/aromatic N) is 1. The summed E-state index contributed by atoms with van der Waals surface area (Å²) in [5, 5.41) is 2.06. The molecule has 0 unspecified atom stereocenters. The molecule has 4 heteroatoms. The number of carbonyl (C=O) groups excluding carboxylic acids is 1. The molecule has 0 aliphatic carbocycles. The fourth-order valence-corrected chi connectivity index (χ4v) is 2.95. The second-order valence-electron chi connectivity index (χ2n) is 6.30. The lowest BCUT2D eigenvalue weighted by Crippen LogP contribution is -2.26. The third kappa shape index (κ3) is 4.29. The summed E-state index contributed by atoms with van der Waals surface area (Å²) in [4.78, 5) is 14.7. The van der Waals surface area contributed by atoms with Crippen molar-refractivity contribution in [3.8, 4) is 11.5 Å². The van der Waals surface area contributed by atoms with Crippen LogP contribution in [0.1, 0.15) is 15.9 Å². The van der Waals surface area contributed by atoms with E-state index in [4.69, 9.17) is 9.47 Å². The van der Waals surface area contributed by atoms with E-state index in [1.54, 1.807) is 25.1 Å². The predicted molar refractivity (Wildman–Crippen MR) is 108 cm³/mol. The Morgan fingerprint density at radius 2 is 1.74 bits per heavy atom. The average molecular weight is 361 g/mol. The van der Waals surface area contributed by atoms with Crippen LogP contribution in [-0.4, -0.2) is 31.6 Å². The maximum Gasteiger partial charge on any atom is 0.257 e. The van der Waals surface area contributed by atoms with Gasteiger partial charge in [0.1, 0.15) is 18.1 Å². The van der Waals surface area contributed by atoms with Gasteiger partial charge in [-0.05, 0) is 40.6 Å². The molecule has 27 heavy (non-hydrogen) atoms. The molecule has 0 N–H and O–H groups in total. The van der Waals surface area contributed by atoms with Crippen LogP contribution in [0.15, 0.2) is 73.3 Å². The quantitative estimate of drug-likeness (QED) is 0.573. The Hall–Kier alpha value is -3.27. The van der Waals surface area contributed by atoms with Gasteiger partial charge in [0.05, 0.1) is 12.7 Å². The molecule has 0 bridgehead atoms. The second kappa shape index (κ2) is 8.41.